The molecule has 0 saturated carbocycles. The summed E-state index contributed by atoms with van der Waals surface area (Å²) in [6.07, 6.45) is 0. The van der Waals surface area contributed by atoms with Gasteiger partial charge in [0.25, 0.3) is 5.69 Å². The molecule has 104 valence electrons. The fourth-order valence-corrected chi connectivity index (χ4v) is 1.51. The molecular formula is C13H19N3O3. The van der Waals surface area contributed by atoms with Gasteiger partial charge in [0.15, 0.2) is 0 Å². The van der Waals surface area contributed by atoms with Crippen LogP contribution in [0.4, 0.5) is 11.4 Å². The van der Waals surface area contributed by atoms with Crippen LogP contribution in [-0.4, -0.2) is 23.9 Å². The van der Waals surface area contributed by atoms with Crippen molar-refractivity contribution in [1.29, 1.82) is 0 Å². The molecule has 1 rings (SSSR count). The van der Waals surface area contributed by atoms with Crippen LogP contribution in [0, 0.1) is 23.0 Å². The summed E-state index contributed by atoms with van der Waals surface area (Å²) in [5.74, 6) is 0.196. The molecule has 6 heteroatoms. The van der Waals surface area contributed by atoms with Crippen molar-refractivity contribution in [2.24, 2.45) is 5.92 Å². The van der Waals surface area contributed by atoms with E-state index in [9.17, 15) is 14.9 Å². The first-order valence-corrected chi connectivity index (χ1v) is 6.15. The van der Waals surface area contributed by atoms with Crippen molar-refractivity contribution < 1.29 is 9.72 Å². The van der Waals surface area contributed by atoms with Gasteiger partial charge < -0.3 is 10.6 Å². The molecule has 0 unspecified atom stereocenters. The third-order valence-electron chi connectivity index (χ3n) is 2.50. The van der Waals surface area contributed by atoms with Gasteiger partial charge in [-0.1, -0.05) is 19.9 Å². The van der Waals surface area contributed by atoms with Gasteiger partial charge in [0.1, 0.15) is 5.69 Å². The van der Waals surface area contributed by atoms with Gasteiger partial charge in [-0.05, 0) is 24.5 Å². The van der Waals surface area contributed by atoms with Crippen LogP contribution < -0.4 is 10.6 Å². The Bertz CT molecular complexity index is 472. The Balaban J connectivity index is 2.64. The summed E-state index contributed by atoms with van der Waals surface area (Å²) in [7, 11) is 0. The van der Waals surface area contributed by atoms with Crippen LogP contribution in [0.5, 0.6) is 0 Å². The molecule has 1 aromatic rings. The normalized spacial score (nSPS) is 10.3. The van der Waals surface area contributed by atoms with E-state index in [1.165, 1.54) is 6.07 Å². The van der Waals surface area contributed by atoms with Crippen molar-refractivity contribution in [3.05, 3.63) is 33.9 Å². The van der Waals surface area contributed by atoms with Crippen LogP contribution in [0.1, 0.15) is 19.4 Å². The van der Waals surface area contributed by atoms with E-state index in [0.717, 1.165) is 5.56 Å². The third-order valence-corrected chi connectivity index (χ3v) is 2.50. The Hall–Kier alpha value is -2.11. The number of nitro benzene ring substituents is 1. The number of carbonyl (C=O) groups is 1. The van der Waals surface area contributed by atoms with Crippen molar-refractivity contribution in [2.45, 2.75) is 20.8 Å². The number of nitro groups is 1. The fraction of sp³-hybridized carbons (Fsp3) is 0.462. The quantitative estimate of drug-likeness (QED) is 0.609. The maximum atomic E-state index is 11.5. The molecule has 0 spiro atoms. The number of benzene rings is 1. The summed E-state index contributed by atoms with van der Waals surface area (Å²) in [5.41, 5.74) is 1.24. The van der Waals surface area contributed by atoms with Gasteiger partial charge >= 0.3 is 0 Å². The molecular weight excluding hydrogens is 246 g/mol. The smallest absolute Gasteiger partial charge is 0.292 e. The van der Waals surface area contributed by atoms with E-state index in [4.69, 9.17) is 0 Å². The molecule has 0 heterocycles. The minimum atomic E-state index is -0.464. The lowest BCUT2D eigenvalue weighted by Gasteiger charge is -2.10. The zero-order valence-corrected chi connectivity index (χ0v) is 11.4. The van der Waals surface area contributed by atoms with E-state index in [0.29, 0.717) is 18.2 Å². The predicted octanol–water partition coefficient (Wildman–Crippen LogP) is 2.09. The molecule has 0 aliphatic heterocycles. The van der Waals surface area contributed by atoms with E-state index >= 15 is 0 Å². The highest BCUT2D eigenvalue weighted by Crippen LogP contribution is 2.24. The van der Waals surface area contributed by atoms with Gasteiger partial charge in [0.05, 0.1) is 11.5 Å². The van der Waals surface area contributed by atoms with Gasteiger partial charge in [0.2, 0.25) is 5.91 Å². The van der Waals surface area contributed by atoms with E-state index in [1.807, 2.05) is 20.8 Å². The topological polar surface area (TPSA) is 84.3 Å². The standard InChI is InChI=1S/C13H19N3O3/c1-9(2)7-15-13(17)8-14-11-6-10(3)4-5-12(11)16(18)19/h4-6,9,14H,7-8H2,1-3H3,(H,15,17). The van der Waals surface area contributed by atoms with Gasteiger partial charge in [0, 0.05) is 12.6 Å². The monoisotopic (exact) mass is 265 g/mol. The Morgan fingerprint density at radius 2 is 2.11 bits per heavy atom. The molecule has 2 N–H and O–H groups in total. The average molecular weight is 265 g/mol. The number of carbonyl (C=O) groups excluding carboxylic acids is 1. The number of anilines is 1. The first kappa shape index (κ1) is 14.9. The highest BCUT2D eigenvalue weighted by Gasteiger charge is 2.14. The summed E-state index contributed by atoms with van der Waals surface area (Å²) in [5, 5.41) is 16.4. The predicted molar refractivity (Wildman–Crippen MR) is 74.2 cm³/mol. The first-order chi connectivity index (χ1) is 8.90. The minimum absolute atomic E-state index is 0.0248. The summed E-state index contributed by atoms with van der Waals surface area (Å²) in [4.78, 5) is 21.9. The number of hydrogen-bond acceptors (Lipinski definition) is 4. The van der Waals surface area contributed by atoms with Crippen LogP contribution in [0.15, 0.2) is 18.2 Å². The van der Waals surface area contributed by atoms with Gasteiger partial charge in [-0.3, -0.25) is 14.9 Å². The maximum absolute atomic E-state index is 11.5. The molecule has 19 heavy (non-hydrogen) atoms. The van der Waals surface area contributed by atoms with Crippen molar-refractivity contribution >= 4 is 17.3 Å². The summed E-state index contributed by atoms with van der Waals surface area (Å²) in [6, 6.07) is 4.76. The van der Waals surface area contributed by atoms with Crippen molar-refractivity contribution in [1.82, 2.24) is 5.32 Å². The molecule has 0 aromatic heterocycles. The zero-order valence-electron chi connectivity index (χ0n) is 11.4. The number of amides is 1. The molecule has 0 aliphatic carbocycles. The van der Waals surface area contributed by atoms with Crippen molar-refractivity contribution in [3.63, 3.8) is 0 Å². The number of hydrogen-bond donors (Lipinski definition) is 2. The molecule has 0 atom stereocenters. The number of nitrogens with zero attached hydrogens (tertiary/aromatic N) is 1. The summed E-state index contributed by atoms with van der Waals surface area (Å²) in [6.45, 7) is 6.46. The van der Waals surface area contributed by atoms with Crippen LogP contribution >= 0.6 is 0 Å². The second-order valence-electron chi connectivity index (χ2n) is 4.83. The lowest BCUT2D eigenvalue weighted by atomic mass is 10.2. The second-order valence-corrected chi connectivity index (χ2v) is 4.83. The lowest BCUT2D eigenvalue weighted by molar-refractivity contribution is -0.384. The Kier molecular flexibility index (Phi) is 5.29. The van der Waals surface area contributed by atoms with Crippen molar-refractivity contribution in [2.75, 3.05) is 18.4 Å². The van der Waals surface area contributed by atoms with Gasteiger partial charge in [-0.15, -0.1) is 0 Å². The molecule has 1 aromatic carbocycles. The maximum Gasteiger partial charge on any atom is 0.292 e. The second kappa shape index (κ2) is 6.72. The Morgan fingerprint density at radius 1 is 1.42 bits per heavy atom. The number of nitrogens with one attached hydrogen (secondary N) is 2. The molecule has 0 saturated heterocycles. The highest BCUT2D eigenvalue weighted by molar-refractivity contribution is 5.81. The molecule has 0 fully saturated rings. The number of aryl methyl sites for hydroxylation is 1. The fourth-order valence-electron chi connectivity index (χ4n) is 1.51. The lowest BCUT2D eigenvalue weighted by Crippen LogP contribution is -2.32. The van der Waals surface area contributed by atoms with E-state index in [-0.39, 0.29) is 18.1 Å². The average Bonchev–Trinajstić information content (AvgIpc) is 2.33. The number of rotatable bonds is 6. The summed E-state index contributed by atoms with van der Waals surface area (Å²) < 4.78 is 0. The van der Waals surface area contributed by atoms with Crippen LogP contribution in [0.2, 0.25) is 0 Å². The Morgan fingerprint density at radius 3 is 2.68 bits per heavy atom. The third kappa shape index (κ3) is 4.95. The SMILES string of the molecule is Cc1ccc([N+](=O)[O-])c(NCC(=O)NCC(C)C)c1. The summed E-state index contributed by atoms with van der Waals surface area (Å²) >= 11 is 0. The highest BCUT2D eigenvalue weighted by atomic mass is 16.6. The first-order valence-electron chi connectivity index (χ1n) is 6.15. The van der Waals surface area contributed by atoms with Gasteiger partial charge in [-0.25, -0.2) is 0 Å². The minimum Gasteiger partial charge on any atom is -0.371 e. The van der Waals surface area contributed by atoms with Crippen LogP contribution in [0.3, 0.4) is 0 Å². The molecule has 0 aliphatic rings. The van der Waals surface area contributed by atoms with Crippen LogP contribution in [-0.2, 0) is 4.79 Å². The molecule has 6 nitrogen and oxygen atoms in total. The molecule has 0 bridgehead atoms. The largest absolute Gasteiger partial charge is 0.371 e. The van der Waals surface area contributed by atoms with Crippen molar-refractivity contribution in [3.8, 4) is 0 Å². The van der Waals surface area contributed by atoms with Gasteiger partial charge in [-0.2, -0.15) is 0 Å². The van der Waals surface area contributed by atoms with E-state index < -0.39 is 4.92 Å². The van der Waals surface area contributed by atoms with E-state index in [2.05, 4.69) is 10.6 Å². The molecule has 1 amide bonds. The Labute approximate surface area is 112 Å². The van der Waals surface area contributed by atoms with E-state index in [1.54, 1.807) is 12.1 Å². The van der Waals surface area contributed by atoms with Crippen LogP contribution in [0.25, 0.3) is 0 Å². The zero-order chi connectivity index (χ0) is 14.4. The molecule has 0 radical (unpaired) electrons.